The summed E-state index contributed by atoms with van der Waals surface area (Å²) in [6.45, 7) is 0. The van der Waals surface area contributed by atoms with Gasteiger partial charge >= 0.3 is 12.4 Å². The molecule has 1 aliphatic rings. The van der Waals surface area contributed by atoms with Gasteiger partial charge < -0.3 is 25.2 Å². The Morgan fingerprint density at radius 3 is 2.41 bits per heavy atom. The van der Waals surface area contributed by atoms with Gasteiger partial charge in [0.05, 0.1) is 5.60 Å². The Hall–Kier alpha value is -4.05. The second-order valence-corrected chi connectivity index (χ2v) is 7.55. The third-order valence-electron chi connectivity index (χ3n) is 5.03. The summed E-state index contributed by atoms with van der Waals surface area (Å²) in [5, 5.41) is 15.9. The fourth-order valence-corrected chi connectivity index (χ4v) is 3.43. The van der Waals surface area contributed by atoms with E-state index >= 15 is 0 Å². The van der Waals surface area contributed by atoms with Crippen LogP contribution in [0.4, 0.5) is 29.3 Å². The number of hydrogen-bond acceptors (Lipinski definition) is 5. The van der Waals surface area contributed by atoms with Crippen LogP contribution in [0.2, 0.25) is 0 Å². The van der Waals surface area contributed by atoms with Crippen molar-refractivity contribution in [3.8, 4) is 17.4 Å². The summed E-state index contributed by atoms with van der Waals surface area (Å²) < 4.78 is 46.5. The number of pyridine rings is 1. The molecule has 1 aliphatic carbocycles. The maximum Gasteiger partial charge on any atom is 0.573 e. The molecule has 0 radical (unpaired) electrons. The molecule has 0 spiro atoms. The summed E-state index contributed by atoms with van der Waals surface area (Å²) in [5.41, 5.74) is 0.245. The van der Waals surface area contributed by atoms with Crippen LogP contribution in [0.25, 0.3) is 0 Å². The van der Waals surface area contributed by atoms with Crippen LogP contribution in [0.1, 0.15) is 18.4 Å². The summed E-state index contributed by atoms with van der Waals surface area (Å²) in [5.74, 6) is 0.155. The van der Waals surface area contributed by atoms with E-state index in [-0.39, 0.29) is 17.3 Å². The number of halogens is 3. The normalized spacial score (nSPS) is 14.5. The van der Waals surface area contributed by atoms with Crippen LogP contribution in [0, 0.1) is 0 Å². The van der Waals surface area contributed by atoms with E-state index in [1.807, 2.05) is 18.2 Å². The Kier molecular flexibility index (Phi) is 6.42. The number of nitrogens with one attached hydrogen (secondary N) is 2. The van der Waals surface area contributed by atoms with E-state index in [0.717, 1.165) is 12.1 Å². The van der Waals surface area contributed by atoms with Crippen molar-refractivity contribution in [2.45, 2.75) is 24.8 Å². The minimum Gasteiger partial charge on any atom is -0.437 e. The number of nitrogens with zero attached hydrogens (tertiary/aromatic N) is 1. The lowest BCUT2D eigenvalue weighted by Crippen LogP contribution is -2.21. The molecular weight excluding hydrogens is 451 g/mol. The molecule has 0 bridgehead atoms. The van der Waals surface area contributed by atoms with Crippen molar-refractivity contribution >= 4 is 17.4 Å². The monoisotopic (exact) mass is 471 g/mol. The zero-order valence-electron chi connectivity index (χ0n) is 17.7. The maximum atomic E-state index is 12.4. The van der Waals surface area contributed by atoms with Gasteiger partial charge in [-0.2, -0.15) is 0 Å². The number of carbonyl (C=O) groups is 1. The number of hydrogen-bond donors (Lipinski definition) is 3. The SMILES string of the molecule is O=C(Nc1ccc(OC(F)(F)F)cc1)Nc1cccnc1Oc1cccc(C2(O)CC=CC2)c1. The molecule has 3 N–H and O–H groups in total. The number of anilines is 2. The molecule has 0 atom stereocenters. The Bertz CT molecular complexity index is 1190. The summed E-state index contributed by atoms with van der Waals surface area (Å²) in [6, 6.07) is 14.3. The van der Waals surface area contributed by atoms with Crippen LogP contribution in [0.3, 0.4) is 0 Å². The van der Waals surface area contributed by atoms with Crippen molar-refractivity contribution in [1.29, 1.82) is 0 Å². The average molecular weight is 471 g/mol. The van der Waals surface area contributed by atoms with E-state index < -0.39 is 23.7 Å². The Morgan fingerprint density at radius 2 is 1.71 bits per heavy atom. The van der Waals surface area contributed by atoms with E-state index in [1.165, 1.54) is 18.3 Å². The highest BCUT2D eigenvalue weighted by molar-refractivity contribution is 6.00. The second kappa shape index (κ2) is 9.44. The highest BCUT2D eigenvalue weighted by Gasteiger charge is 2.31. The van der Waals surface area contributed by atoms with Crippen LogP contribution >= 0.6 is 0 Å². The van der Waals surface area contributed by atoms with Gasteiger partial charge in [0.2, 0.25) is 5.88 Å². The molecule has 176 valence electrons. The zero-order valence-corrected chi connectivity index (χ0v) is 17.7. The van der Waals surface area contributed by atoms with Crippen molar-refractivity contribution in [2.75, 3.05) is 10.6 Å². The molecule has 2 amide bonds. The molecule has 0 fully saturated rings. The fourth-order valence-electron chi connectivity index (χ4n) is 3.43. The number of benzene rings is 2. The van der Waals surface area contributed by atoms with Crippen LogP contribution in [-0.4, -0.2) is 22.5 Å². The molecule has 0 aliphatic heterocycles. The summed E-state index contributed by atoms with van der Waals surface area (Å²) in [6.07, 6.45) is 1.56. The molecule has 34 heavy (non-hydrogen) atoms. The number of aromatic nitrogens is 1. The topological polar surface area (TPSA) is 92.7 Å². The second-order valence-electron chi connectivity index (χ2n) is 7.55. The molecular formula is C24H20F3N3O4. The third-order valence-corrected chi connectivity index (χ3v) is 5.03. The van der Waals surface area contributed by atoms with E-state index in [0.29, 0.717) is 24.2 Å². The van der Waals surface area contributed by atoms with Gasteiger partial charge in [0.1, 0.15) is 17.2 Å². The quantitative estimate of drug-likeness (QED) is 0.386. The van der Waals surface area contributed by atoms with Gasteiger partial charge in [0.25, 0.3) is 0 Å². The van der Waals surface area contributed by atoms with E-state index in [4.69, 9.17) is 4.74 Å². The van der Waals surface area contributed by atoms with E-state index in [2.05, 4.69) is 20.4 Å². The smallest absolute Gasteiger partial charge is 0.437 e. The minimum atomic E-state index is -4.80. The first-order valence-corrected chi connectivity index (χ1v) is 10.2. The number of alkyl halides is 3. The van der Waals surface area contributed by atoms with Gasteiger partial charge in [-0.3, -0.25) is 0 Å². The molecule has 2 aromatic carbocycles. The lowest BCUT2D eigenvalue weighted by molar-refractivity contribution is -0.274. The number of carbonyl (C=O) groups excluding carboxylic acids is 1. The van der Waals surface area contributed by atoms with Crippen molar-refractivity contribution in [2.24, 2.45) is 0 Å². The Labute approximate surface area is 192 Å². The molecule has 1 heterocycles. The summed E-state index contributed by atoms with van der Waals surface area (Å²) >= 11 is 0. The highest BCUT2D eigenvalue weighted by Crippen LogP contribution is 2.37. The average Bonchev–Trinajstić information content (AvgIpc) is 3.24. The zero-order chi connectivity index (χ0) is 24.2. The molecule has 4 rings (SSSR count). The first kappa shape index (κ1) is 23.1. The van der Waals surface area contributed by atoms with Gasteiger partial charge in [-0.05, 0) is 66.9 Å². The van der Waals surface area contributed by atoms with E-state index in [1.54, 1.807) is 30.3 Å². The van der Waals surface area contributed by atoms with Crippen molar-refractivity contribution in [3.05, 3.63) is 84.6 Å². The van der Waals surface area contributed by atoms with E-state index in [9.17, 15) is 23.1 Å². The molecule has 0 saturated heterocycles. The van der Waals surface area contributed by atoms with Gasteiger partial charge in [-0.1, -0.05) is 24.3 Å². The third kappa shape index (κ3) is 5.84. The molecule has 0 unspecified atom stereocenters. The number of amides is 2. The standard InChI is InChI=1S/C24H20F3N3O4/c25-24(26,27)34-18-10-8-17(9-11-18)29-22(31)30-20-7-4-14-28-21(20)33-19-6-3-5-16(15-19)23(32)12-1-2-13-23/h1-11,14-15,32H,12-13H2,(H2,29,30,31). The fraction of sp³-hybridized carbons (Fsp3) is 0.167. The number of ether oxygens (including phenoxy) is 2. The Morgan fingerprint density at radius 1 is 0.971 bits per heavy atom. The van der Waals surface area contributed by atoms with Crippen LogP contribution in [0.15, 0.2) is 79.0 Å². The lowest BCUT2D eigenvalue weighted by atomic mass is 9.91. The highest BCUT2D eigenvalue weighted by atomic mass is 19.4. The largest absolute Gasteiger partial charge is 0.573 e. The first-order chi connectivity index (χ1) is 16.2. The maximum absolute atomic E-state index is 12.4. The molecule has 0 saturated carbocycles. The van der Waals surface area contributed by atoms with Crippen molar-refractivity contribution < 1.29 is 32.5 Å². The Balaban J connectivity index is 1.42. The summed E-state index contributed by atoms with van der Waals surface area (Å²) in [7, 11) is 0. The molecule has 10 heteroatoms. The van der Waals surface area contributed by atoms with Gasteiger partial charge in [0, 0.05) is 11.9 Å². The molecule has 1 aromatic heterocycles. The predicted molar refractivity (Wildman–Crippen MR) is 119 cm³/mol. The summed E-state index contributed by atoms with van der Waals surface area (Å²) in [4.78, 5) is 16.6. The van der Waals surface area contributed by atoms with Gasteiger partial charge in [-0.15, -0.1) is 13.2 Å². The van der Waals surface area contributed by atoms with Crippen LogP contribution < -0.4 is 20.1 Å². The first-order valence-electron chi connectivity index (χ1n) is 10.2. The van der Waals surface area contributed by atoms with Crippen molar-refractivity contribution in [1.82, 2.24) is 4.98 Å². The van der Waals surface area contributed by atoms with Gasteiger partial charge in [-0.25, -0.2) is 9.78 Å². The molecule has 7 nitrogen and oxygen atoms in total. The minimum absolute atomic E-state index is 0.125. The van der Waals surface area contributed by atoms with Crippen LogP contribution in [-0.2, 0) is 5.60 Å². The molecule has 3 aromatic rings. The van der Waals surface area contributed by atoms with Gasteiger partial charge in [0.15, 0.2) is 0 Å². The predicted octanol–water partition coefficient (Wildman–Crippen LogP) is 5.95. The van der Waals surface area contributed by atoms with Crippen molar-refractivity contribution in [3.63, 3.8) is 0 Å². The number of rotatable bonds is 6. The van der Waals surface area contributed by atoms with Crippen LogP contribution in [0.5, 0.6) is 17.4 Å². The number of aliphatic hydroxyl groups is 1. The number of urea groups is 1. The lowest BCUT2D eigenvalue weighted by Gasteiger charge is -2.23.